The minimum atomic E-state index is -4.43. The van der Waals surface area contributed by atoms with Crippen molar-refractivity contribution in [3.05, 3.63) is 53.9 Å². The van der Waals surface area contributed by atoms with Gasteiger partial charge in [0.25, 0.3) is 5.22 Å². The molecular formula is C18H15F3N6O3S2. The van der Waals surface area contributed by atoms with Crippen LogP contribution in [-0.2, 0) is 22.0 Å². The lowest BCUT2D eigenvalue weighted by Gasteiger charge is -2.10. The van der Waals surface area contributed by atoms with Gasteiger partial charge in [0.1, 0.15) is 5.52 Å². The van der Waals surface area contributed by atoms with Gasteiger partial charge in [0.2, 0.25) is 10.0 Å². The summed E-state index contributed by atoms with van der Waals surface area (Å²) < 4.78 is 70.9. The molecule has 0 radical (unpaired) electrons. The van der Waals surface area contributed by atoms with Crippen LogP contribution in [0.1, 0.15) is 11.4 Å². The van der Waals surface area contributed by atoms with Crippen LogP contribution in [0.2, 0.25) is 0 Å². The number of rotatable bonds is 6. The summed E-state index contributed by atoms with van der Waals surface area (Å²) in [7, 11) is -0.741. The number of halogens is 3. The molecule has 0 saturated heterocycles. The second-order valence-electron chi connectivity index (χ2n) is 6.74. The number of alkyl halides is 3. The number of fused-ring (bicyclic) bond motifs is 1. The number of benzene rings is 2. The van der Waals surface area contributed by atoms with Gasteiger partial charge >= 0.3 is 6.18 Å². The molecule has 4 rings (SSSR count). The maximum absolute atomic E-state index is 12.8. The Morgan fingerprint density at radius 1 is 1.12 bits per heavy atom. The van der Waals surface area contributed by atoms with Crippen molar-refractivity contribution in [2.24, 2.45) is 0 Å². The Balaban J connectivity index is 1.53. The third-order valence-electron chi connectivity index (χ3n) is 4.42. The van der Waals surface area contributed by atoms with Crippen molar-refractivity contribution in [1.82, 2.24) is 29.5 Å². The lowest BCUT2D eigenvalue weighted by molar-refractivity contribution is -0.137. The normalized spacial score (nSPS) is 12.7. The predicted octanol–water partition coefficient (Wildman–Crippen LogP) is 3.36. The van der Waals surface area contributed by atoms with E-state index in [2.05, 4.69) is 20.5 Å². The standard InChI is InChI=1S/C18H15F3N6O3S2/c1-26(2)32(28,29)13-7-8-15-14(9-13)22-17(30-15)31-10-16-23-24-25-27(16)12-5-3-11(4-6-12)18(19,20)21/h3-9H,10H2,1-2H3. The Kier molecular flexibility index (Phi) is 5.68. The minimum Gasteiger partial charge on any atom is -0.431 e. The summed E-state index contributed by atoms with van der Waals surface area (Å²) >= 11 is 1.16. The number of aromatic nitrogens is 5. The molecule has 0 aliphatic carbocycles. The van der Waals surface area contributed by atoms with Crippen LogP contribution in [0.25, 0.3) is 16.8 Å². The monoisotopic (exact) mass is 484 g/mol. The maximum Gasteiger partial charge on any atom is 0.416 e. The van der Waals surface area contributed by atoms with Crippen molar-refractivity contribution in [3.8, 4) is 5.69 Å². The van der Waals surface area contributed by atoms with E-state index in [0.29, 0.717) is 22.6 Å². The van der Waals surface area contributed by atoms with Crippen LogP contribution in [0.5, 0.6) is 0 Å². The SMILES string of the molecule is CN(C)S(=O)(=O)c1ccc2oc(SCc3nnnn3-c3ccc(C(F)(F)F)cc3)nc2c1. The molecular weight excluding hydrogens is 469 g/mol. The molecule has 0 atom stereocenters. The molecule has 9 nitrogen and oxygen atoms in total. The lowest BCUT2D eigenvalue weighted by Crippen LogP contribution is -2.22. The van der Waals surface area contributed by atoms with Crippen LogP contribution in [-0.4, -0.2) is 52.0 Å². The molecule has 14 heteroatoms. The molecule has 32 heavy (non-hydrogen) atoms. The van der Waals surface area contributed by atoms with E-state index < -0.39 is 21.8 Å². The molecule has 0 N–H and O–H groups in total. The third-order valence-corrected chi connectivity index (χ3v) is 7.05. The van der Waals surface area contributed by atoms with E-state index in [4.69, 9.17) is 4.42 Å². The Morgan fingerprint density at radius 2 is 1.84 bits per heavy atom. The van der Waals surface area contributed by atoms with Crippen LogP contribution in [0.15, 0.2) is 57.0 Å². The van der Waals surface area contributed by atoms with Gasteiger partial charge in [0.05, 0.1) is 21.9 Å². The van der Waals surface area contributed by atoms with E-state index in [1.54, 1.807) is 0 Å². The van der Waals surface area contributed by atoms with Gasteiger partial charge in [0, 0.05) is 14.1 Å². The molecule has 2 heterocycles. The highest BCUT2D eigenvalue weighted by atomic mass is 32.2. The first kappa shape index (κ1) is 22.2. The largest absolute Gasteiger partial charge is 0.431 e. The highest BCUT2D eigenvalue weighted by molar-refractivity contribution is 7.98. The van der Waals surface area contributed by atoms with Crippen molar-refractivity contribution >= 4 is 32.9 Å². The van der Waals surface area contributed by atoms with Crippen molar-refractivity contribution in [2.75, 3.05) is 14.1 Å². The zero-order valence-corrected chi connectivity index (χ0v) is 18.2. The van der Waals surface area contributed by atoms with Gasteiger partial charge in [-0.1, -0.05) is 11.8 Å². The van der Waals surface area contributed by atoms with Gasteiger partial charge in [0.15, 0.2) is 11.4 Å². The molecule has 0 bridgehead atoms. The van der Waals surface area contributed by atoms with Gasteiger partial charge in [-0.3, -0.25) is 0 Å². The molecule has 4 aromatic rings. The molecule has 2 aromatic carbocycles. The van der Waals surface area contributed by atoms with Gasteiger partial charge in [-0.15, -0.1) is 5.10 Å². The fraction of sp³-hybridized carbons (Fsp3) is 0.222. The van der Waals surface area contributed by atoms with Gasteiger partial charge in [-0.25, -0.2) is 17.7 Å². The molecule has 0 amide bonds. The Bertz CT molecular complexity index is 1360. The molecule has 0 aliphatic rings. The number of sulfonamides is 1. The average molecular weight is 484 g/mol. The summed E-state index contributed by atoms with van der Waals surface area (Å²) in [5.41, 5.74) is 0.382. The van der Waals surface area contributed by atoms with Crippen molar-refractivity contribution in [3.63, 3.8) is 0 Å². The minimum absolute atomic E-state index is 0.0890. The number of tetrazole rings is 1. The van der Waals surface area contributed by atoms with Crippen LogP contribution in [0, 0.1) is 0 Å². The summed E-state index contributed by atoms with van der Waals surface area (Å²) in [6, 6.07) is 8.84. The van der Waals surface area contributed by atoms with E-state index in [9.17, 15) is 21.6 Å². The third kappa shape index (κ3) is 4.33. The Labute approximate surface area is 184 Å². The number of hydrogen-bond acceptors (Lipinski definition) is 8. The predicted molar refractivity (Wildman–Crippen MR) is 109 cm³/mol. The van der Waals surface area contributed by atoms with Crippen LogP contribution in [0.3, 0.4) is 0 Å². The van der Waals surface area contributed by atoms with E-state index in [0.717, 1.165) is 28.2 Å². The quantitative estimate of drug-likeness (QED) is 0.384. The van der Waals surface area contributed by atoms with Crippen molar-refractivity contribution < 1.29 is 26.0 Å². The summed E-state index contributed by atoms with van der Waals surface area (Å²) in [4.78, 5) is 4.39. The summed E-state index contributed by atoms with van der Waals surface area (Å²) in [5, 5.41) is 11.6. The van der Waals surface area contributed by atoms with E-state index >= 15 is 0 Å². The average Bonchev–Trinajstić information content (AvgIpc) is 3.37. The van der Waals surface area contributed by atoms with Crippen LogP contribution >= 0.6 is 11.8 Å². The molecule has 2 aromatic heterocycles. The number of oxazole rings is 1. The first-order chi connectivity index (χ1) is 15.1. The second kappa shape index (κ2) is 8.18. The smallest absolute Gasteiger partial charge is 0.416 e. The molecule has 0 saturated carbocycles. The Hall–Kier alpha value is -2.97. The fourth-order valence-electron chi connectivity index (χ4n) is 2.73. The molecule has 0 spiro atoms. The molecule has 168 valence electrons. The highest BCUT2D eigenvalue weighted by Crippen LogP contribution is 2.30. The van der Waals surface area contributed by atoms with Crippen molar-refractivity contribution in [2.45, 2.75) is 22.0 Å². The Morgan fingerprint density at radius 3 is 2.50 bits per heavy atom. The van der Waals surface area contributed by atoms with Gasteiger partial charge in [-0.05, 0) is 52.9 Å². The summed E-state index contributed by atoms with van der Waals surface area (Å²) in [6.45, 7) is 0. The first-order valence-electron chi connectivity index (χ1n) is 8.96. The highest BCUT2D eigenvalue weighted by Gasteiger charge is 2.30. The topological polar surface area (TPSA) is 107 Å². The zero-order valence-electron chi connectivity index (χ0n) is 16.6. The fourth-order valence-corrected chi connectivity index (χ4v) is 4.40. The van der Waals surface area contributed by atoms with Gasteiger partial charge in [-0.2, -0.15) is 17.9 Å². The lowest BCUT2D eigenvalue weighted by atomic mass is 10.2. The van der Waals surface area contributed by atoms with Gasteiger partial charge < -0.3 is 4.42 Å². The van der Waals surface area contributed by atoms with E-state index in [-0.39, 0.29) is 15.9 Å². The van der Waals surface area contributed by atoms with Crippen LogP contribution < -0.4 is 0 Å². The number of thioether (sulfide) groups is 1. The zero-order chi connectivity index (χ0) is 23.1. The number of hydrogen-bond donors (Lipinski definition) is 0. The maximum atomic E-state index is 12.8. The van der Waals surface area contributed by atoms with E-state index in [1.165, 1.54) is 49.1 Å². The van der Waals surface area contributed by atoms with E-state index in [1.807, 2.05) is 0 Å². The summed E-state index contributed by atoms with van der Waals surface area (Å²) in [5.74, 6) is 0.580. The first-order valence-corrected chi connectivity index (χ1v) is 11.4. The second-order valence-corrected chi connectivity index (χ2v) is 9.82. The summed E-state index contributed by atoms with van der Waals surface area (Å²) in [6.07, 6.45) is -4.43. The van der Waals surface area contributed by atoms with Crippen molar-refractivity contribution in [1.29, 1.82) is 0 Å². The number of nitrogens with zero attached hydrogens (tertiary/aromatic N) is 6. The molecule has 0 aliphatic heterocycles. The molecule has 0 fully saturated rings. The molecule has 0 unspecified atom stereocenters. The van der Waals surface area contributed by atoms with Crippen LogP contribution in [0.4, 0.5) is 13.2 Å².